The molecule has 0 aromatic heterocycles. The number of hydrogen-bond donors (Lipinski definition) is 0. The van der Waals surface area contributed by atoms with Gasteiger partial charge in [-0.15, -0.1) is 0 Å². The van der Waals surface area contributed by atoms with Crippen LogP contribution in [0.15, 0.2) is 36.4 Å². The van der Waals surface area contributed by atoms with E-state index in [4.69, 9.17) is 21.1 Å². The molecule has 0 N–H and O–H groups in total. The van der Waals surface area contributed by atoms with Gasteiger partial charge in [-0.25, -0.2) is 0 Å². The highest BCUT2D eigenvalue weighted by Gasteiger charge is 2.12. The van der Waals surface area contributed by atoms with Crippen LogP contribution in [-0.2, 0) is 0 Å². The maximum Gasteiger partial charge on any atom is 0.131 e. The van der Waals surface area contributed by atoms with Crippen molar-refractivity contribution < 1.29 is 9.47 Å². The lowest BCUT2D eigenvalue weighted by Gasteiger charge is -2.13. The molecule has 0 atom stereocenters. The maximum absolute atomic E-state index is 6.00. The third-order valence-electron chi connectivity index (χ3n) is 2.47. The second kappa shape index (κ2) is 5.11. The highest BCUT2D eigenvalue weighted by atomic mass is 35.5. The molecule has 3 heteroatoms. The van der Waals surface area contributed by atoms with Crippen LogP contribution in [0.3, 0.4) is 0 Å². The van der Waals surface area contributed by atoms with E-state index in [1.54, 1.807) is 26.4 Å². The fraction of sp³-hybridized carbons (Fsp3) is 0.143. The van der Waals surface area contributed by atoms with E-state index in [1.807, 2.05) is 24.3 Å². The largest absolute Gasteiger partial charge is 0.496 e. The molecule has 1 radical (unpaired) electrons. The van der Waals surface area contributed by atoms with E-state index in [0.717, 1.165) is 11.1 Å². The molecule has 0 aliphatic rings. The molecule has 0 aliphatic carbocycles. The lowest BCUT2D eigenvalue weighted by Crippen LogP contribution is -1.92. The summed E-state index contributed by atoms with van der Waals surface area (Å²) in [4.78, 5) is 0. The monoisotopic (exact) mass is 247 g/mol. The smallest absolute Gasteiger partial charge is 0.131 e. The number of ether oxygens (including phenoxy) is 2. The van der Waals surface area contributed by atoms with Crippen LogP contribution in [0.1, 0.15) is 0 Å². The first-order chi connectivity index (χ1) is 8.26. The van der Waals surface area contributed by atoms with Gasteiger partial charge in [0.1, 0.15) is 11.5 Å². The van der Waals surface area contributed by atoms with Crippen molar-refractivity contribution in [2.45, 2.75) is 0 Å². The summed E-state index contributed by atoms with van der Waals surface area (Å²) in [5.41, 5.74) is 1.84. The lowest BCUT2D eigenvalue weighted by molar-refractivity contribution is 0.397. The third kappa shape index (κ3) is 2.37. The van der Waals surface area contributed by atoms with Crippen molar-refractivity contribution in [1.29, 1.82) is 0 Å². The van der Waals surface area contributed by atoms with Crippen molar-refractivity contribution in [3.8, 4) is 22.6 Å². The summed E-state index contributed by atoms with van der Waals surface area (Å²) in [5.74, 6) is 1.43. The lowest BCUT2D eigenvalue weighted by atomic mass is 10.0. The first-order valence-electron chi connectivity index (χ1n) is 5.14. The van der Waals surface area contributed by atoms with Gasteiger partial charge in [0, 0.05) is 5.02 Å². The van der Waals surface area contributed by atoms with Crippen LogP contribution >= 0.6 is 11.6 Å². The molecule has 0 unspecified atom stereocenters. The molecule has 0 amide bonds. The van der Waals surface area contributed by atoms with Crippen molar-refractivity contribution in [3.63, 3.8) is 0 Å². The van der Waals surface area contributed by atoms with Crippen LogP contribution in [-0.4, -0.2) is 14.2 Å². The van der Waals surface area contributed by atoms with Crippen LogP contribution in [0.4, 0.5) is 0 Å². The molecule has 0 fully saturated rings. The zero-order valence-electron chi connectivity index (χ0n) is 9.66. The molecular weight excluding hydrogens is 236 g/mol. The minimum atomic E-state index is 0.680. The number of halogens is 1. The molecule has 0 saturated heterocycles. The van der Waals surface area contributed by atoms with Crippen LogP contribution in [0.5, 0.6) is 11.5 Å². The van der Waals surface area contributed by atoms with Gasteiger partial charge in [0.2, 0.25) is 0 Å². The number of rotatable bonds is 3. The first kappa shape index (κ1) is 11.8. The van der Waals surface area contributed by atoms with Gasteiger partial charge in [-0.3, -0.25) is 0 Å². The summed E-state index contributed by atoms with van der Waals surface area (Å²) < 4.78 is 10.7. The van der Waals surface area contributed by atoms with Gasteiger partial charge in [0.05, 0.1) is 19.8 Å². The molecule has 0 saturated carbocycles. The van der Waals surface area contributed by atoms with Gasteiger partial charge in [0.25, 0.3) is 0 Å². The van der Waals surface area contributed by atoms with E-state index < -0.39 is 0 Å². The Kier molecular flexibility index (Phi) is 3.55. The fourth-order valence-corrected chi connectivity index (χ4v) is 1.90. The predicted molar refractivity (Wildman–Crippen MR) is 68.8 cm³/mol. The van der Waals surface area contributed by atoms with Gasteiger partial charge in [-0.1, -0.05) is 23.7 Å². The summed E-state index contributed by atoms with van der Waals surface area (Å²) in [6.45, 7) is 0. The first-order valence-corrected chi connectivity index (χ1v) is 5.52. The second-order valence-corrected chi connectivity index (χ2v) is 3.91. The molecule has 2 aromatic carbocycles. The number of methoxy groups -OCH3 is 2. The zero-order valence-corrected chi connectivity index (χ0v) is 10.4. The molecule has 2 aromatic rings. The minimum Gasteiger partial charge on any atom is -0.496 e. The molecular formula is C14H12ClO2. The number of hydrogen-bond acceptors (Lipinski definition) is 2. The predicted octanol–water partition coefficient (Wildman–Crippen LogP) is 3.82. The van der Waals surface area contributed by atoms with E-state index in [9.17, 15) is 0 Å². The zero-order chi connectivity index (χ0) is 12.3. The molecule has 2 nitrogen and oxygen atoms in total. The van der Waals surface area contributed by atoms with E-state index in [1.165, 1.54) is 0 Å². The van der Waals surface area contributed by atoms with E-state index in [2.05, 4.69) is 6.07 Å². The molecule has 0 aliphatic heterocycles. The molecule has 87 valence electrons. The topological polar surface area (TPSA) is 18.5 Å². The van der Waals surface area contributed by atoms with Crippen molar-refractivity contribution in [2.75, 3.05) is 14.2 Å². The minimum absolute atomic E-state index is 0.680. The van der Waals surface area contributed by atoms with Crippen LogP contribution < -0.4 is 9.47 Å². The summed E-state index contributed by atoms with van der Waals surface area (Å²) in [6.07, 6.45) is 0. The maximum atomic E-state index is 6.00. The fourth-order valence-electron chi connectivity index (χ4n) is 1.71. The number of benzene rings is 2. The SMILES string of the molecule is COc1c[c]cc(OC)c1-c1cccc(Cl)c1. The van der Waals surface area contributed by atoms with Gasteiger partial charge < -0.3 is 9.47 Å². The van der Waals surface area contributed by atoms with Crippen molar-refractivity contribution in [2.24, 2.45) is 0 Å². The van der Waals surface area contributed by atoms with Crippen molar-refractivity contribution in [1.82, 2.24) is 0 Å². The van der Waals surface area contributed by atoms with Gasteiger partial charge >= 0.3 is 0 Å². The van der Waals surface area contributed by atoms with Gasteiger partial charge in [-0.2, -0.15) is 0 Å². The Morgan fingerprint density at radius 3 is 2.24 bits per heavy atom. The van der Waals surface area contributed by atoms with E-state index in [0.29, 0.717) is 16.5 Å². The Morgan fingerprint density at radius 1 is 1.06 bits per heavy atom. The second-order valence-electron chi connectivity index (χ2n) is 3.48. The van der Waals surface area contributed by atoms with Gasteiger partial charge in [-0.05, 0) is 35.9 Å². The highest BCUT2D eigenvalue weighted by molar-refractivity contribution is 6.30. The summed E-state index contributed by atoms with van der Waals surface area (Å²) in [6, 6.07) is 14.1. The average molecular weight is 248 g/mol. The Morgan fingerprint density at radius 2 is 1.71 bits per heavy atom. The normalized spacial score (nSPS) is 10.1. The van der Waals surface area contributed by atoms with Gasteiger partial charge in [0.15, 0.2) is 0 Å². The summed E-state index contributed by atoms with van der Waals surface area (Å²) in [7, 11) is 3.24. The van der Waals surface area contributed by atoms with Crippen molar-refractivity contribution >= 4 is 11.6 Å². The van der Waals surface area contributed by atoms with Crippen LogP contribution in [0, 0.1) is 6.07 Å². The van der Waals surface area contributed by atoms with Crippen LogP contribution in [0.25, 0.3) is 11.1 Å². The Labute approximate surface area is 106 Å². The average Bonchev–Trinajstić information content (AvgIpc) is 2.37. The van der Waals surface area contributed by atoms with Crippen LogP contribution in [0.2, 0.25) is 5.02 Å². The Hall–Kier alpha value is -1.67. The summed E-state index contributed by atoms with van der Waals surface area (Å²) >= 11 is 6.00. The quantitative estimate of drug-likeness (QED) is 0.821. The standard InChI is InChI=1S/C14H12ClO2/c1-16-12-7-4-8-13(17-2)14(12)10-5-3-6-11(15)9-10/h3,5-9H,1-2H3. The molecule has 0 bridgehead atoms. The Bertz CT molecular complexity index is 501. The van der Waals surface area contributed by atoms with Crippen molar-refractivity contribution in [3.05, 3.63) is 47.5 Å². The van der Waals surface area contributed by atoms with E-state index >= 15 is 0 Å². The Balaban J connectivity index is 2.64. The molecule has 0 heterocycles. The molecule has 17 heavy (non-hydrogen) atoms. The third-order valence-corrected chi connectivity index (χ3v) is 2.71. The highest BCUT2D eigenvalue weighted by Crippen LogP contribution is 2.38. The van der Waals surface area contributed by atoms with E-state index in [-0.39, 0.29) is 0 Å². The molecule has 0 spiro atoms. The summed E-state index contributed by atoms with van der Waals surface area (Å²) in [5, 5.41) is 0.680. The molecule has 2 rings (SSSR count).